The average Bonchev–Trinajstić information content (AvgIpc) is 2.52. The molecule has 1 aromatic heterocycles. The van der Waals surface area contributed by atoms with Crippen molar-refractivity contribution in [2.75, 3.05) is 17.2 Å². The summed E-state index contributed by atoms with van der Waals surface area (Å²) < 4.78 is 0. The SMILES string of the molecule is Cc1cc(C)c2c(n1)SCC(=O)N2CC(=O)NC1CCC(C)CC1. The van der Waals surface area contributed by atoms with Crippen LogP contribution < -0.4 is 10.2 Å². The highest BCUT2D eigenvalue weighted by molar-refractivity contribution is 8.00. The van der Waals surface area contributed by atoms with Gasteiger partial charge in [-0.05, 0) is 57.1 Å². The number of pyridine rings is 1. The summed E-state index contributed by atoms with van der Waals surface area (Å²) in [7, 11) is 0. The van der Waals surface area contributed by atoms with Crippen molar-refractivity contribution in [2.24, 2.45) is 5.92 Å². The van der Waals surface area contributed by atoms with E-state index in [0.29, 0.717) is 5.75 Å². The highest BCUT2D eigenvalue weighted by Gasteiger charge is 2.30. The summed E-state index contributed by atoms with van der Waals surface area (Å²) in [6, 6.07) is 2.21. The topological polar surface area (TPSA) is 62.3 Å². The quantitative estimate of drug-likeness (QED) is 0.913. The molecule has 24 heavy (non-hydrogen) atoms. The Morgan fingerprint density at radius 2 is 2.04 bits per heavy atom. The zero-order valence-electron chi connectivity index (χ0n) is 14.6. The summed E-state index contributed by atoms with van der Waals surface area (Å²) in [6.45, 7) is 6.27. The molecular formula is C18H25N3O2S. The molecule has 1 fully saturated rings. The Bertz CT molecular complexity index is 654. The number of amides is 2. The number of aromatic nitrogens is 1. The van der Waals surface area contributed by atoms with Crippen molar-refractivity contribution in [3.8, 4) is 0 Å². The summed E-state index contributed by atoms with van der Waals surface area (Å²) >= 11 is 1.46. The van der Waals surface area contributed by atoms with E-state index < -0.39 is 0 Å². The standard InChI is InChI=1S/C18H25N3O2S/c1-11-4-6-14(7-5-11)20-15(22)9-21-16(23)10-24-18-17(21)12(2)8-13(3)19-18/h8,11,14H,4-7,9-10H2,1-3H3,(H,20,22). The van der Waals surface area contributed by atoms with Crippen molar-refractivity contribution >= 4 is 29.3 Å². The molecule has 0 bridgehead atoms. The fourth-order valence-corrected chi connectivity index (χ4v) is 4.58. The van der Waals surface area contributed by atoms with Gasteiger partial charge in [0.05, 0.1) is 11.4 Å². The average molecular weight is 347 g/mol. The highest BCUT2D eigenvalue weighted by atomic mass is 32.2. The monoisotopic (exact) mass is 347 g/mol. The molecule has 0 spiro atoms. The number of nitrogens with one attached hydrogen (secondary N) is 1. The van der Waals surface area contributed by atoms with E-state index in [1.54, 1.807) is 4.90 Å². The zero-order valence-corrected chi connectivity index (χ0v) is 15.4. The van der Waals surface area contributed by atoms with Crippen LogP contribution in [0.3, 0.4) is 0 Å². The van der Waals surface area contributed by atoms with E-state index >= 15 is 0 Å². The molecule has 1 aliphatic carbocycles. The zero-order chi connectivity index (χ0) is 17.3. The molecule has 2 aliphatic rings. The van der Waals surface area contributed by atoms with Crippen molar-refractivity contribution in [2.45, 2.75) is 57.5 Å². The number of carbonyl (C=O) groups is 2. The summed E-state index contributed by atoms with van der Waals surface area (Å²) in [6.07, 6.45) is 4.39. The number of thioether (sulfide) groups is 1. The maximum absolute atomic E-state index is 12.5. The minimum Gasteiger partial charge on any atom is -0.352 e. The number of rotatable bonds is 3. The molecule has 6 heteroatoms. The van der Waals surface area contributed by atoms with Crippen LogP contribution in [0.4, 0.5) is 5.69 Å². The summed E-state index contributed by atoms with van der Waals surface area (Å²) in [5.74, 6) is 1.01. The number of hydrogen-bond acceptors (Lipinski definition) is 4. The molecule has 0 aromatic carbocycles. The van der Waals surface area contributed by atoms with Gasteiger partial charge >= 0.3 is 0 Å². The number of fused-ring (bicyclic) bond motifs is 1. The Morgan fingerprint density at radius 3 is 2.75 bits per heavy atom. The van der Waals surface area contributed by atoms with Crippen molar-refractivity contribution in [3.63, 3.8) is 0 Å². The molecule has 1 N–H and O–H groups in total. The van der Waals surface area contributed by atoms with Gasteiger partial charge in [0, 0.05) is 11.7 Å². The van der Waals surface area contributed by atoms with E-state index in [1.807, 2.05) is 19.9 Å². The Kier molecular flexibility index (Phi) is 5.13. The van der Waals surface area contributed by atoms with Crippen LogP contribution in [0.2, 0.25) is 0 Å². The van der Waals surface area contributed by atoms with Gasteiger partial charge in [-0.25, -0.2) is 4.98 Å². The van der Waals surface area contributed by atoms with Crippen LogP contribution in [0.1, 0.15) is 43.9 Å². The van der Waals surface area contributed by atoms with E-state index in [1.165, 1.54) is 11.8 Å². The van der Waals surface area contributed by atoms with Gasteiger partial charge in [0.1, 0.15) is 11.6 Å². The first kappa shape index (κ1) is 17.3. The number of hydrogen-bond donors (Lipinski definition) is 1. The van der Waals surface area contributed by atoms with Crippen LogP contribution in [-0.4, -0.2) is 35.1 Å². The number of carbonyl (C=O) groups excluding carboxylic acids is 2. The van der Waals surface area contributed by atoms with Crippen LogP contribution in [0, 0.1) is 19.8 Å². The molecular weight excluding hydrogens is 322 g/mol. The Labute approximate surface area is 147 Å². The predicted molar refractivity (Wildman–Crippen MR) is 96.4 cm³/mol. The molecule has 2 amide bonds. The van der Waals surface area contributed by atoms with Crippen molar-refractivity contribution < 1.29 is 9.59 Å². The first-order valence-corrected chi connectivity index (χ1v) is 9.63. The first-order chi connectivity index (χ1) is 11.4. The minimum atomic E-state index is -0.0688. The third-order valence-corrected chi connectivity index (χ3v) is 5.81. The molecule has 3 rings (SSSR count). The molecule has 5 nitrogen and oxygen atoms in total. The normalized spacial score (nSPS) is 23.8. The van der Waals surface area contributed by atoms with E-state index in [4.69, 9.17) is 0 Å². The van der Waals surface area contributed by atoms with Gasteiger partial charge < -0.3 is 5.32 Å². The molecule has 1 saturated carbocycles. The van der Waals surface area contributed by atoms with Crippen LogP contribution in [0.15, 0.2) is 11.1 Å². The molecule has 1 aromatic rings. The Hall–Kier alpha value is -1.56. The lowest BCUT2D eigenvalue weighted by Gasteiger charge is -2.31. The Balaban J connectivity index is 1.71. The van der Waals surface area contributed by atoms with Gasteiger partial charge in [0.25, 0.3) is 0 Å². The molecule has 2 heterocycles. The third-order valence-electron chi connectivity index (χ3n) is 4.87. The van der Waals surface area contributed by atoms with Crippen LogP contribution in [0.5, 0.6) is 0 Å². The van der Waals surface area contributed by atoms with E-state index in [9.17, 15) is 9.59 Å². The second-order valence-electron chi connectivity index (χ2n) is 7.03. The largest absolute Gasteiger partial charge is 0.352 e. The highest BCUT2D eigenvalue weighted by Crippen LogP contribution is 2.36. The lowest BCUT2D eigenvalue weighted by Crippen LogP contribution is -2.47. The van der Waals surface area contributed by atoms with E-state index in [2.05, 4.69) is 17.2 Å². The van der Waals surface area contributed by atoms with E-state index in [0.717, 1.165) is 53.6 Å². The molecule has 0 saturated heterocycles. The van der Waals surface area contributed by atoms with Gasteiger partial charge in [0.15, 0.2) is 0 Å². The summed E-state index contributed by atoms with van der Waals surface area (Å²) in [5.41, 5.74) is 2.74. The van der Waals surface area contributed by atoms with Crippen molar-refractivity contribution in [1.29, 1.82) is 0 Å². The lowest BCUT2D eigenvalue weighted by atomic mass is 9.87. The summed E-state index contributed by atoms with van der Waals surface area (Å²) in [4.78, 5) is 31.0. The molecule has 0 atom stereocenters. The van der Waals surface area contributed by atoms with Gasteiger partial charge in [-0.2, -0.15) is 0 Å². The predicted octanol–water partition coefficient (Wildman–Crippen LogP) is 2.83. The fraction of sp³-hybridized carbons (Fsp3) is 0.611. The van der Waals surface area contributed by atoms with E-state index in [-0.39, 0.29) is 24.4 Å². The second-order valence-corrected chi connectivity index (χ2v) is 7.99. The van der Waals surface area contributed by atoms with Crippen LogP contribution in [0.25, 0.3) is 0 Å². The maximum Gasteiger partial charge on any atom is 0.240 e. The molecule has 130 valence electrons. The lowest BCUT2D eigenvalue weighted by molar-refractivity contribution is -0.123. The molecule has 0 radical (unpaired) electrons. The maximum atomic E-state index is 12.5. The van der Waals surface area contributed by atoms with Crippen LogP contribution in [-0.2, 0) is 9.59 Å². The summed E-state index contributed by atoms with van der Waals surface area (Å²) in [5, 5.41) is 3.96. The van der Waals surface area contributed by atoms with Gasteiger partial charge in [0.2, 0.25) is 11.8 Å². The fourth-order valence-electron chi connectivity index (χ4n) is 3.55. The van der Waals surface area contributed by atoms with Gasteiger partial charge in [-0.3, -0.25) is 14.5 Å². The number of aryl methyl sites for hydroxylation is 2. The van der Waals surface area contributed by atoms with Crippen LogP contribution >= 0.6 is 11.8 Å². The van der Waals surface area contributed by atoms with Crippen molar-refractivity contribution in [1.82, 2.24) is 10.3 Å². The first-order valence-electron chi connectivity index (χ1n) is 8.65. The smallest absolute Gasteiger partial charge is 0.240 e. The second kappa shape index (κ2) is 7.13. The third kappa shape index (κ3) is 3.74. The molecule has 1 aliphatic heterocycles. The minimum absolute atomic E-state index is 0.0198. The number of nitrogens with zero attached hydrogens (tertiary/aromatic N) is 2. The Morgan fingerprint density at radius 1 is 1.33 bits per heavy atom. The number of anilines is 1. The van der Waals surface area contributed by atoms with Gasteiger partial charge in [-0.15, -0.1) is 0 Å². The molecule has 0 unspecified atom stereocenters. The van der Waals surface area contributed by atoms with Crippen molar-refractivity contribution in [3.05, 3.63) is 17.3 Å². The van der Waals surface area contributed by atoms with Gasteiger partial charge in [-0.1, -0.05) is 18.7 Å².